The zero-order valence-electron chi connectivity index (χ0n) is 11.7. The van der Waals surface area contributed by atoms with Gasteiger partial charge in [-0.2, -0.15) is 0 Å². The molecular formula is C16H18O6. The highest BCUT2D eigenvalue weighted by Gasteiger charge is 2.44. The number of aliphatic hydroxyl groups is 4. The van der Waals surface area contributed by atoms with Crippen molar-refractivity contribution >= 4 is 10.8 Å². The molecule has 0 unspecified atom stereocenters. The average Bonchev–Trinajstić information content (AvgIpc) is 2.55. The van der Waals surface area contributed by atoms with E-state index >= 15 is 0 Å². The zero-order valence-corrected chi connectivity index (χ0v) is 11.7. The van der Waals surface area contributed by atoms with Crippen molar-refractivity contribution in [2.24, 2.45) is 0 Å². The van der Waals surface area contributed by atoms with Crippen LogP contribution in [0.3, 0.4) is 0 Å². The molecule has 0 aromatic heterocycles. The molecule has 6 heteroatoms. The van der Waals surface area contributed by atoms with E-state index in [0.29, 0.717) is 5.75 Å². The van der Waals surface area contributed by atoms with Gasteiger partial charge in [-0.15, -0.1) is 0 Å². The SMILES string of the molecule is OC[C@@H]1O[C@H](Oc2ccc3ccccc3c2)[C@H](O)[C@@H](O)[C@H]1O. The Labute approximate surface area is 127 Å². The van der Waals surface area contributed by atoms with Crippen molar-refractivity contribution in [1.29, 1.82) is 0 Å². The van der Waals surface area contributed by atoms with Gasteiger partial charge in [0.1, 0.15) is 30.2 Å². The second kappa shape index (κ2) is 6.20. The lowest BCUT2D eigenvalue weighted by molar-refractivity contribution is -0.277. The number of fused-ring (bicyclic) bond motifs is 1. The summed E-state index contributed by atoms with van der Waals surface area (Å²) in [5, 5.41) is 40.6. The van der Waals surface area contributed by atoms with E-state index in [4.69, 9.17) is 14.6 Å². The zero-order chi connectivity index (χ0) is 15.7. The number of hydrogen-bond acceptors (Lipinski definition) is 6. The lowest BCUT2D eigenvalue weighted by atomic mass is 9.99. The Kier molecular flexibility index (Phi) is 4.28. The minimum absolute atomic E-state index is 0.461. The molecule has 1 fully saturated rings. The third-order valence-electron chi connectivity index (χ3n) is 3.82. The van der Waals surface area contributed by atoms with Crippen molar-refractivity contribution in [2.45, 2.75) is 30.7 Å². The fourth-order valence-corrected chi connectivity index (χ4v) is 2.54. The first-order valence-corrected chi connectivity index (χ1v) is 7.06. The summed E-state index contributed by atoms with van der Waals surface area (Å²) in [4.78, 5) is 0. The van der Waals surface area contributed by atoms with E-state index in [9.17, 15) is 15.3 Å². The molecule has 5 atom stereocenters. The topological polar surface area (TPSA) is 99.4 Å². The monoisotopic (exact) mass is 306 g/mol. The lowest BCUT2D eigenvalue weighted by Crippen LogP contribution is -2.60. The molecule has 2 aromatic carbocycles. The molecule has 0 radical (unpaired) electrons. The van der Waals surface area contributed by atoms with Crippen LogP contribution in [0, 0.1) is 0 Å². The Balaban J connectivity index is 1.80. The molecule has 22 heavy (non-hydrogen) atoms. The van der Waals surface area contributed by atoms with E-state index in [-0.39, 0.29) is 0 Å². The molecule has 0 saturated carbocycles. The van der Waals surface area contributed by atoms with Gasteiger partial charge >= 0.3 is 0 Å². The smallest absolute Gasteiger partial charge is 0.229 e. The van der Waals surface area contributed by atoms with E-state index < -0.39 is 37.3 Å². The fraction of sp³-hybridized carbons (Fsp3) is 0.375. The van der Waals surface area contributed by atoms with Crippen LogP contribution >= 0.6 is 0 Å². The first-order chi connectivity index (χ1) is 10.6. The maximum absolute atomic E-state index is 9.95. The molecule has 0 spiro atoms. The van der Waals surface area contributed by atoms with Gasteiger partial charge in [-0.25, -0.2) is 0 Å². The van der Waals surface area contributed by atoms with Gasteiger partial charge in [-0.1, -0.05) is 30.3 Å². The normalized spacial score (nSPS) is 32.1. The van der Waals surface area contributed by atoms with Crippen LogP contribution in [0.5, 0.6) is 5.75 Å². The molecule has 1 saturated heterocycles. The highest BCUT2D eigenvalue weighted by Crippen LogP contribution is 2.26. The Morgan fingerprint density at radius 3 is 2.36 bits per heavy atom. The molecule has 0 amide bonds. The fourth-order valence-electron chi connectivity index (χ4n) is 2.54. The molecule has 1 aliphatic heterocycles. The number of aliphatic hydroxyl groups excluding tert-OH is 4. The van der Waals surface area contributed by atoms with Crippen LogP contribution < -0.4 is 4.74 Å². The molecule has 0 bridgehead atoms. The van der Waals surface area contributed by atoms with Crippen molar-refractivity contribution in [2.75, 3.05) is 6.61 Å². The summed E-state index contributed by atoms with van der Waals surface area (Å²) in [6.07, 6.45) is -6.40. The standard InChI is InChI=1S/C16H18O6/c17-8-12-13(18)14(19)15(20)16(22-12)21-11-6-5-9-3-1-2-4-10(9)7-11/h1-7,12-20H,8H2/t12-,13-,14-,15+,16-/m0/s1. The molecule has 2 aromatic rings. The quantitative estimate of drug-likeness (QED) is 0.638. The van der Waals surface area contributed by atoms with Crippen LogP contribution in [0.4, 0.5) is 0 Å². The number of hydrogen-bond donors (Lipinski definition) is 4. The highest BCUT2D eigenvalue weighted by molar-refractivity contribution is 5.83. The summed E-state index contributed by atoms with van der Waals surface area (Å²) < 4.78 is 10.9. The van der Waals surface area contributed by atoms with Crippen molar-refractivity contribution in [3.05, 3.63) is 42.5 Å². The van der Waals surface area contributed by atoms with Gasteiger partial charge in [0.25, 0.3) is 0 Å². The van der Waals surface area contributed by atoms with Gasteiger partial charge < -0.3 is 29.9 Å². The largest absolute Gasteiger partial charge is 0.462 e. The molecule has 3 rings (SSSR count). The van der Waals surface area contributed by atoms with Crippen molar-refractivity contribution < 1.29 is 29.9 Å². The van der Waals surface area contributed by atoms with E-state index in [2.05, 4.69) is 0 Å². The predicted molar refractivity (Wildman–Crippen MR) is 78.3 cm³/mol. The summed E-state index contributed by atoms with van der Waals surface area (Å²) >= 11 is 0. The van der Waals surface area contributed by atoms with Gasteiger partial charge in [0.2, 0.25) is 6.29 Å². The van der Waals surface area contributed by atoms with E-state index in [0.717, 1.165) is 10.8 Å². The van der Waals surface area contributed by atoms with Crippen LogP contribution in [0.1, 0.15) is 0 Å². The van der Waals surface area contributed by atoms with Gasteiger partial charge in [0.15, 0.2) is 0 Å². The van der Waals surface area contributed by atoms with Crippen molar-refractivity contribution in [3.8, 4) is 5.75 Å². The Morgan fingerprint density at radius 1 is 0.909 bits per heavy atom. The molecule has 6 nitrogen and oxygen atoms in total. The first-order valence-electron chi connectivity index (χ1n) is 7.06. The third-order valence-corrected chi connectivity index (χ3v) is 3.82. The maximum Gasteiger partial charge on any atom is 0.229 e. The predicted octanol–water partition coefficient (Wildman–Crippen LogP) is 0.0185. The summed E-state index contributed by atoms with van der Waals surface area (Å²) in [5.41, 5.74) is 0. The van der Waals surface area contributed by atoms with Gasteiger partial charge in [0, 0.05) is 0 Å². The first kappa shape index (κ1) is 15.2. The maximum atomic E-state index is 9.95. The van der Waals surface area contributed by atoms with Crippen molar-refractivity contribution in [3.63, 3.8) is 0 Å². The molecule has 118 valence electrons. The minimum atomic E-state index is -1.45. The Morgan fingerprint density at radius 2 is 1.64 bits per heavy atom. The van der Waals surface area contributed by atoms with Crippen LogP contribution in [0.25, 0.3) is 10.8 Å². The number of ether oxygens (including phenoxy) is 2. The van der Waals surface area contributed by atoms with Crippen LogP contribution in [0.15, 0.2) is 42.5 Å². The van der Waals surface area contributed by atoms with Crippen LogP contribution in [0.2, 0.25) is 0 Å². The van der Waals surface area contributed by atoms with Gasteiger partial charge in [-0.05, 0) is 22.9 Å². The van der Waals surface area contributed by atoms with E-state index in [1.807, 2.05) is 30.3 Å². The second-order valence-corrected chi connectivity index (χ2v) is 5.32. The Hall–Kier alpha value is -1.70. The second-order valence-electron chi connectivity index (χ2n) is 5.32. The highest BCUT2D eigenvalue weighted by atomic mass is 16.7. The van der Waals surface area contributed by atoms with E-state index in [1.54, 1.807) is 12.1 Å². The van der Waals surface area contributed by atoms with E-state index in [1.165, 1.54) is 0 Å². The molecule has 1 heterocycles. The van der Waals surface area contributed by atoms with Crippen molar-refractivity contribution in [1.82, 2.24) is 0 Å². The molecule has 0 aliphatic carbocycles. The van der Waals surface area contributed by atoms with Crippen LogP contribution in [-0.4, -0.2) is 57.7 Å². The minimum Gasteiger partial charge on any atom is -0.462 e. The summed E-state index contributed by atoms with van der Waals surface area (Å²) in [6.45, 7) is -0.484. The van der Waals surface area contributed by atoms with Gasteiger partial charge in [-0.3, -0.25) is 0 Å². The molecular weight excluding hydrogens is 288 g/mol. The lowest BCUT2D eigenvalue weighted by Gasteiger charge is -2.39. The average molecular weight is 306 g/mol. The van der Waals surface area contributed by atoms with Gasteiger partial charge in [0.05, 0.1) is 6.61 Å². The summed E-state index contributed by atoms with van der Waals surface area (Å²) in [5.74, 6) is 0.461. The molecule has 4 N–H and O–H groups in total. The number of rotatable bonds is 3. The Bertz CT molecular complexity index is 643. The summed E-state index contributed by atoms with van der Waals surface area (Å²) in [6, 6.07) is 13.1. The van der Waals surface area contributed by atoms with Crippen LogP contribution in [-0.2, 0) is 4.74 Å². The number of benzene rings is 2. The third kappa shape index (κ3) is 2.79. The summed E-state index contributed by atoms with van der Waals surface area (Å²) in [7, 11) is 0. The molecule has 1 aliphatic rings.